The molecule has 9 heteroatoms. The maximum atomic E-state index is 12.9. The summed E-state index contributed by atoms with van der Waals surface area (Å²) in [5.41, 5.74) is 0.960. The summed E-state index contributed by atoms with van der Waals surface area (Å²) in [6.07, 6.45) is 0.283. The van der Waals surface area contributed by atoms with Crippen LogP contribution in [0.2, 0.25) is 0 Å². The van der Waals surface area contributed by atoms with Gasteiger partial charge in [0.05, 0.1) is 10.3 Å². The van der Waals surface area contributed by atoms with E-state index in [0.717, 1.165) is 12.2 Å². The van der Waals surface area contributed by atoms with Gasteiger partial charge in [-0.15, -0.1) is 5.10 Å². The molecule has 0 aliphatic carbocycles. The summed E-state index contributed by atoms with van der Waals surface area (Å²) in [6.45, 7) is 2.05. The maximum absolute atomic E-state index is 12.9. The second-order valence-corrected chi connectivity index (χ2v) is 7.36. The summed E-state index contributed by atoms with van der Waals surface area (Å²) in [5, 5.41) is 22.0. The first-order valence-electron chi connectivity index (χ1n) is 8.82. The van der Waals surface area contributed by atoms with Crippen LogP contribution in [-0.4, -0.2) is 26.8 Å². The Labute approximate surface area is 164 Å². The van der Waals surface area contributed by atoms with Gasteiger partial charge in [-0.2, -0.15) is 0 Å². The van der Waals surface area contributed by atoms with Gasteiger partial charge in [0.15, 0.2) is 11.3 Å². The smallest absolute Gasteiger partial charge is 0.276 e. The number of nitrogens with one attached hydrogen (secondary N) is 1. The van der Waals surface area contributed by atoms with Crippen molar-refractivity contribution in [3.8, 4) is 0 Å². The highest BCUT2D eigenvalue weighted by atomic mass is 32.2. The van der Waals surface area contributed by atoms with Crippen molar-refractivity contribution < 1.29 is 9.72 Å². The Balaban J connectivity index is 1.89. The number of amidine groups is 1. The van der Waals surface area contributed by atoms with Crippen LogP contribution in [0.25, 0.3) is 5.70 Å². The molecule has 0 aromatic heterocycles. The zero-order valence-corrected chi connectivity index (χ0v) is 15.8. The van der Waals surface area contributed by atoms with Crippen LogP contribution < -0.4 is 15.9 Å². The fourth-order valence-electron chi connectivity index (χ4n) is 3.11. The Hall–Kier alpha value is -3.20. The molecule has 8 nitrogen and oxygen atoms in total. The molecule has 1 atom stereocenters. The minimum Gasteiger partial charge on any atom is -0.298 e. The van der Waals surface area contributed by atoms with E-state index in [1.165, 1.54) is 23.9 Å². The van der Waals surface area contributed by atoms with Crippen LogP contribution in [0.5, 0.6) is 0 Å². The molecule has 0 fully saturated rings. The predicted molar refractivity (Wildman–Crippen MR) is 107 cm³/mol. The molecule has 2 aromatic rings. The minimum atomic E-state index is -0.659. The molecule has 2 aliphatic rings. The zero-order chi connectivity index (χ0) is 19.7. The Kier molecular flexibility index (Phi) is 4.82. The minimum absolute atomic E-state index is 0.0286. The molecule has 142 valence electrons. The van der Waals surface area contributed by atoms with E-state index in [1.54, 1.807) is 17.1 Å². The second kappa shape index (κ2) is 7.43. The van der Waals surface area contributed by atoms with Gasteiger partial charge in [0.2, 0.25) is 0 Å². The molecule has 2 aromatic carbocycles. The number of thioether (sulfide) groups is 1. The van der Waals surface area contributed by atoms with Crippen LogP contribution in [0.1, 0.15) is 25.1 Å². The molecule has 4 rings (SSSR count). The molecule has 0 saturated heterocycles. The number of benzene rings is 2. The number of rotatable bonds is 4. The van der Waals surface area contributed by atoms with Gasteiger partial charge in [-0.1, -0.05) is 49.0 Å². The van der Waals surface area contributed by atoms with Gasteiger partial charge in [-0.05, 0) is 12.5 Å². The first-order valence-corrected chi connectivity index (χ1v) is 9.80. The number of hydrogen-bond donors (Lipinski definition) is 1. The quantitative estimate of drug-likeness (QED) is 0.629. The molecule has 2 aliphatic heterocycles. The number of nitrogens with zero attached hydrogens (tertiary/aromatic N) is 4. The van der Waals surface area contributed by atoms with Crippen molar-refractivity contribution in [1.82, 2.24) is 10.3 Å². The number of hydrazone groups is 1. The van der Waals surface area contributed by atoms with Gasteiger partial charge in [0.1, 0.15) is 5.70 Å². The van der Waals surface area contributed by atoms with Crippen molar-refractivity contribution in [2.75, 3.05) is 5.75 Å². The summed E-state index contributed by atoms with van der Waals surface area (Å²) in [5.74, 6) is 0.559. The molecule has 1 amide bonds. The Morgan fingerprint density at radius 1 is 1.25 bits per heavy atom. The number of carbonyl (C=O) groups is 1. The summed E-state index contributed by atoms with van der Waals surface area (Å²) in [4.78, 5) is 28.4. The van der Waals surface area contributed by atoms with E-state index in [2.05, 4.69) is 10.4 Å². The molecule has 0 radical (unpaired) electrons. The van der Waals surface area contributed by atoms with E-state index in [4.69, 9.17) is 4.99 Å². The van der Waals surface area contributed by atoms with Crippen molar-refractivity contribution in [2.24, 2.45) is 10.1 Å². The Bertz CT molecular complexity index is 1110. The summed E-state index contributed by atoms with van der Waals surface area (Å²) >= 11 is 1.46. The number of fused-ring (bicyclic) bond motifs is 2. The van der Waals surface area contributed by atoms with Crippen molar-refractivity contribution in [3.05, 3.63) is 74.8 Å². The van der Waals surface area contributed by atoms with E-state index in [-0.39, 0.29) is 11.6 Å². The maximum Gasteiger partial charge on any atom is 0.276 e. The first-order chi connectivity index (χ1) is 13.6. The number of carbonyl (C=O) groups excluding carboxylic acids is 1. The van der Waals surface area contributed by atoms with E-state index in [1.807, 2.05) is 31.2 Å². The van der Waals surface area contributed by atoms with Crippen molar-refractivity contribution in [2.45, 2.75) is 19.5 Å². The van der Waals surface area contributed by atoms with Gasteiger partial charge < -0.3 is 0 Å². The Morgan fingerprint density at radius 3 is 2.86 bits per heavy atom. The summed E-state index contributed by atoms with van der Waals surface area (Å²) in [6, 6.07) is 13.6. The van der Waals surface area contributed by atoms with Gasteiger partial charge in [0.25, 0.3) is 11.6 Å². The van der Waals surface area contributed by atoms with Crippen LogP contribution in [0, 0.1) is 10.1 Å². The van der Waals surface area contributed by atoms with Crippen LogP contribution >= 0.6 is 11.8 Å². The lowest BCUT2D eigenvalue weighted by Crippen LogP contribution is -2.50. The van der Waals surface area contributed by atoms with Crippen LogP contribution in [0.4, 0.5) is 5.69 Å². The van der Waals surface area contributed by atoms with Crippen molar-refractivity contribution in [3.63, 3.8) is 0 Å². The number of non-ortho nitro benzene ring substituents is 1. The first kappa shape index (κ1) is 18.2. The van der Waals surface area contributed by atoms with Crippen molar-refractivity contribution >= 4 is 34.2 Å². The SMILES string of the molecule is CCCSC1=NN2C(=c3ccccc3=N[C@@H]2c2cccc([N+](=O)[O-])c2)C(=O)N1. The number of nitro groups is 1. The molecule has 28 heavy (non-hydrogen) atoms. The number of para-hydroxylation sites is 1. The van der Waals surface area contributed by atoms with Gasteiger partial charge in [0, 0.05) is 28.7 Å². The number of amides is 1. The fraction of sp³-hybridized carbons (Fsp3) is 0.211. The van der Waals surface area contributed by atoms with Gasteiger partial charge in [-0.3, -0.25) is 25.2 Å². The molecule has 1 N–H and O–H groups in total. The molecule has 0 unspecified atom stereocenters. The van der Waals surface area contributed by atoms with E-state index in [0.29, 0.717) is 27.0 Å². The Morgan fingerprint density at radius 2 is 2.07 bits per heavy atom. The number of nitro benzene ring substituents is 1. The lowest BCUT2D eigenvalue weighted by molar-refractivity contribution is -0.384. The molecule has 0 spiro atoms. The molecule has 0 bridgehead atoms. The van der Waals surface area contributed by atoms with E-state index >= 15 is 0 Å². The molecule has 0 saturated carbocycles. The van der Waals surface area contributed by atoms with Crippen LogP contribution in [-0.2, 0) is 4.79 Å². The van der Waals surface area contributed by atoms with Gasteiger partial charge in [-0.25, -0.2) is 5.01 Å². The summed E-state index contributed by atoms with van der Waals surface area (Å²) in [7, 11) is 0. The molecular formula is C19H17N5O3S. The average Bonchev–Trinajstić information content (AvgIpc) is 2.71. The highest BCUT2D eigenvalue weighted by molar-refractivity contribution is 8.13. The monoisotopic (exact) mass is 395 g/mol. The lowest BCUT2D eigenvalue weighted by atomic mass is 10.1. The third-order valence-electron chi connectivity index (χ3n) is 4.34. The van der Waals surface area contributed by atoms with Crippen LogP contribution in [0.15, 0.2) is 58.6 Å². The number of hydrogen-bond acceptors (Lipinski definition) is 7. The molecular weight excluding hydrogens is 378 g/mol. The third-order valence-corrected chi connectivity index (χ3v) is 5.41. The normalized spacial score (nSPS) is 17.8. The van der Waals surface area contributed by atoms with E-state index in [9.17, 15) is 14.9 Å². The summed E-state index contributed by atoms with van der Waals surface area (Å²) < 4.78 is 0. The topological polar surface area (TPSA) is 100 Å². The van der Waals surface area contributed by atoms with Crippen LogP contribution in [0.3, 0.4) is 0 Å². The van der Waals surface area contributed by atoms with Crippen molar-refractivity contribution in [1.29, 1.82) is 0 Å². The fourth-order valence-corrected chi connectivity index (χ4v) is 3.82. The standard InChI is InChI=1S/C19H17N5O3S/c1-2-10-28-19-21-18(25)16-14-8-3-4-9-15(14)20-17(23(16)22-19)12-6-5-7-13(11-12)24(26)27/h3-9,11,17H,2,10H2,1H3,(H,21,22,25)/t17-/m0/s1. The predicted octanol–water partition coefficient (Wildman–Crippen LogP) is 1.88. The van der Waals surface area contributed by atoms with E-state index < -0.39 is 11.1 Å². The van der Waals surface area contributed by atoms with Gasteiger partial charge >= 0.3 is 0 Å². The third kappa shape index (κ3) is 3.24. The average molecular weight is 395 g/mol. The highest BCUT2D eigenvalue weighted by Crippen LogP contribution is 2.32. The molecule has 2 heterocycles. The lowest BCUT2D eigenvalue weighted by Gasteiger charge is -2.34. The zero-order valence-electron chi connectivity index (χ0n) is 15.0. The highest BCUT2D eigenvalue weighted by Gasteiger charge is 2.34. The second-order valence-electron chi connectivity index (χ2n) is 6.27. The largest absolute Gasteiger partial charge is 0.298 e.